The number of halogens is 2. The molecule has 0 aromatic heterocycles. The molecule has 0 amide bonds. The lowest BCUT2D eigenvalue weighted by molar-refractivity contribution is 0.419. The summed E-state index contributed by atoms with van der Waals surface area (Å²) in [5.74, 6) is 0.777. The van der Waals surface area contributed by atoms with E-state index in [0.717, 1.165) is 26.0 Å². The molecule has 1 nitrogen and oxygen atoms in total. The van der Waals surface area contributed by atoms with Gasteiger partial charge in [-0.25, -0.2) is 0 Å². The average molecular weight is 395 g/mol. The molecule has 2 aromatic carbocycles. The maximum absolute atomic E-state index is 6.39. The van der Waals surface area contributed by atoms with E-state index < -0.39 is 0 Å². The molecule has 2 N–H and O–H groups in total. The van der Waals surface area contributed by atoms with E-state index >= 15 is 0 Å². The summed E-state index contributed by atoms with van der Waals surface area (Å²) >= 11 is 7.06. The summed E-state index contributed by atoms with van der Waals surface area (Å²) < 4.78 is 2.10. The molecule has 1 atom stereocenters. The van der Waals surface area contributed by atoms with Crippen molar-refractivity contribution in [3.05, 3.63) is 68.1 Å². The van der Waals surface area contributed by atoms with E-state index in [2.05, 4.69) is 62.2 Å². The van der Waals surface area contributed by atoms with E-state index in [-0.39, 0.29) is 6.04 Å². The topological polar surface area (TPSA) is 26.0 Å². The largest absolute Gasteiger partial charge is 0.320 e. The zero-order chi connectivity index (χ0) is 14.1. The molecule has 1 fully saturated rings. The highest BCUT2D eigenvalue weighted by Gasteiger charge is 2.19. The molecule has 1 aliphatic rings. The van der Waals surface area contributed by atoms with Gasteiger partial charge in [-0.15, -0.1) is 0 Å². The highest BCUT2D eigenvalue weighted by Crippen LogP contribution is 2.37. The Bertz CT molecular complexity index is 603. The van der Waals surface area contributed by atoms with Gasteiger partial charge in [0, 0.05) is 8.95 Å². The van der Waals surface area contributed by atoms with Gasteiger partial charge in [0.2, 0.25) is 0 Å². The van der Waals surface area contributed by atoms with Crippen LogP contribution in [0, 0.1) is 0 Å². The molecule has 1 saturated carbocycles. The Morgan fingerprint density at radius 1 is 1.00 bits per heavy atom. The summed E-state index contributed by atoms with van der Waals surface area (Å²) in [5.41, 5.74) is 10.1. The number of nitrogens with two attached hydrogens (primary N) is 1. The number of benzene rings is 2. The fourth-order valence-corrected chi connectivity index (χ4v) is 3.94. The van der Waals surface area contributed by atoms with Gasteiger partial charge >= 0.3 is 0 Å². The molecule has 1 aliphatic carbocycles. The van der Waals surface area contributed by atoms with Gasteiger partial charge in [-0.2, -0.15) is 0 Å². The molecule has 0 spiro atoms. The van der Waals surface area contributed by atoms with E-state index in [0.29, 0.717) is 0 Å². The quantitative estimate of drug-likeness (QED) is 0.727. The zero-order valence-electron chi connectivity index (χ0n) is 11.2. The van der Waals surface area contributed by atoms with E-state index in [4.69, 9.17) is 5.73 Å². The van der Waals surface area contributed by atoms with E-state index in [1.165, 1.54) is 24.8 Å². The molecule has 3 rings (SSSR count). The van der Waals surface area contributed by atoms with Gasteiger partial charge in [0.15, 0.2) is 0 Å². The first-order valence-electron chi connectivity index (χ1n) is 6.95. The fraction of sp³-hybridized carbons (Fsp3) is 0.294. The lowest BCUT2D eigenvalue weighted by atomic mass is 9.79. The summed E-state index contributed by atoms with van der Waals surface area (Å²) in [5, 5.41) is 0. The van der Waals surface area contributed by atoms with Crippen LogP contribution in [0.3, 0.4) is 0 Å². The van der Waals surface area contributed by atoms with Crippen LogP contribution < -0.4 is 5.73 Å². The minimum Gasteiger partial charge on any atom is -0.320 e. The molecule has 0 radical (unpaired) electrons. The first kappa shape index (κ1) is 14.3. The van der Waals surface area contributed by atoms with Gasteiger partial charge in [0.05, 0.1) is 6.04 Å². The van der Waals surface area contributed by atoms with Gasteiger partial charge in [-0.1, -0.05) is 68.6 Å². The third-order valence-electron chi connectivity index (χ3n) is 4.17. The molecule has 20 heavy (non-hydrogen) atoms. The summed E-state index contributed by atoms with van der Waals surface area (Å²) in [6, 6.07) is 14.9. The van der Waals surface area contributed by atoms with Gasteiger partial charge in [-0.3, -0.25) is 0 Å². The molecule has 0 saturated heterocycles. The Kier molecular flexibility index (Phi) is 4.29. The normalized spacial score (nSPS) is 16.8. The minimum absolute atomic E-state index is 0.0899. The summed E-state index contributed by atoms with van der Waals surface area (Å²) in [6.45, 7) is 0. The van der Waals surface area contributed by atoms with Crippen molar-refractivity contribution in [1.29, 1.82) is 0 Å². The van der Waals surface area contributed by atoms with Crippen molar-refractivity contribution >= 4 is 31.9 Å². The molecule has 1 unspecified atom stereocenters. The SMILES string of the molecule is NC(c1ccc(C2CCC2)cc1)c1ccc(Br)cc1Br. The van der Waals surface area contributed by atoms with Gasteiger partial charge in [0.25, 0.3) is 0 Å². The first-order chi connectivity index (χ1) is 9.65. The minimum atomic E-state index is -0.0899. The Hall–Kier alpha value is -0.640. The molecular weight excluding hydrogens is 378 g/mol. The molecule has 3 heteroatoms. The third-order valence-corrected chi connectivity index (χ3v) is 5.35. The van der Waals surface area contributed by atoms with E-state index in [9.17, 15) is 0 Å². The van der Waals surface area contributed by atoms with Crippen LogP contribution in [0.2, 0.25) is 0 Å². The summed E-state index contributed by atoms with van der Waals surface area (Å²) in [4.78, 5) is 0. The lowest BCUT2D eigenvalue weighted by Crippen LogP contribution is -2.13. The Labute approximate surface area is 136 Å². The van der Waals surface area contributed by atoms with Gasteiger partial charge < -0.3 is 5.73 Å². The predicted octanol–water partition coefficient (Wildman–Crippen LogP) is 5.53. The third kappa shape index (κ3) is 2.85. The second-order valence-electron chi connectivity index (χ2n) is 5.44. The molecule has 2 aromatic rings. The highest BCUT2D eigenvalue weighted by molar-refractivity contribution is 9.11. The Balaban J connectivity index is 1.84. The van der Waals surface area contributed by atoms with Crippen LogP contribution in [0.25, 0.3) is 0 Å². The van der Waals surface area contributed by atoms with Crippen molar-refractivity contribution in [1.82, 2.24) is 0 Å². The molecular formula is C17H17Br2N. The van der Waals surface area contributed by atoms with Crippen molar-refractivity contribution in [2.24, 2.45) is 5.73 Å². The van der Waals surface area contributed by atoms with Crippen LogP contribution >= 0.6 is 31.9 Å². The van der Waals surface area contributed by atoms with Crippen molar-refractivity contribution in [2.75, 3.05) is 0 Å². The zero-order valence-corrected chi connectivity index (χ0v) is 14.3. The second-order valence-corrected chi connectivity index (χ2v) is 7.21. The van der Waals surface area contributed by atoms with Crippen molar-refractivity contribution in [3.8, 4) is 0 Å². The van der Waals surface area contributed by atoms with Crippen LogP contribution in [0.15, 0.2) is 51.4 Å². The standard InChI is InChI=1S/C17H17Br2N/c18-14-8-9-15(16(19)10-14)17(20)13-6-4-12(5-7-13)11-2-1-3-11/h4-11,17H,1-3,20H2. The number of hydrogen-bond donors (Lipinski definition) is 1. The highest BCUT2D eigenvalue weighted by atomic mass is 79.9. The van der Waals surface area contributed by atoms with Crippen LogP contribution in [0.1, 0.15) is 47.9 Å². The second kappa shape index (κ2) is 6.00. The summed E-state index contributed by atoms with van der Waals surface area (Å²) in [7, 11) is 0. The number of hydrogen-bond acceptors (Lipinski definition) is 1. The van der Waals surface area contributed by atoms with Crippen molar-refractivity contribution in [2.45, 2.75) is 31.2 Å². The number of rotatable bonds is 3. The smallest absolute Gasteiger partial charge is 0.0562 e. The maximum Gasteiger partial charge on any atom is 0.0562 e. The average Bonchev–Trinajstić information content (AvgIpc) is 2.37. The van der Waals surface area contributed by atoms with Crippen LogP contribution in [-0.2, 0) is 0 Å². The molecule has 0 heterocycles. The Morgan fingerprint density at radius 3 is 2.25 bits per heavy atom. The monoisotopic (exact) mass is 393 g/mol. The fourth-order valence-electron chi connectivity index (χ4n) is 2.65. The van der Waals surface area contributed by atoms with Crippen LogP contribution in [0.5, 0.6) is 0 Å². The van der Waals surface area contributed by atoms with Crippen LogP contribution in [-0.4, -0.2) is 0 Å². The maximum atomic E-state index is 6.39. The van der Waals surface area contributed by atoms with Crippen LogP contribution in [0.4, 0.5) is 0 Å². The van der Waals surface area contributed by atoms with Gasteiger partial charge in [0.1, 0.15) is 0 Å². The lowest BCUT2D eigenvalue weighted by Gasteiger charge is -2.26. The van der Waals surface area contributed by atoms with Crippen molar-refractivity contribution < 1.29 is 0 Å². The van der Waals surface area contributed by atoms with Crippen molar-refractivity contribution in [3.63, 3.8) is 0 Å². The van der Waals surface area contributed by atoms with Gasteiger partial charge in [-0.05, 0) is 47.6 Å². The Morgan fingerprint density at radius 2 is 1.70 bits per heavy atom. The van der Waals surface area contributed by atoms with E-state index in [1.54, 1.807) is 0 Å². The first-order valence-corrected chi connectivity index (χ1v) is 8.54. The molecule has 0 aliphatic heterocycles. The summed E-state index contributed by atoms with van der Waals surface area (Å²) in [6.07, 6.45) is 4.05. The predicted molar refractivity (Wildman–Crippen MR) is 90.9 cm³/mol. The molecule has 104 valence electrons. The molecule has 0 bridgehead atoms. The van der Waals surface area contributed by atoms with E-state index in [1.807, 2.05) is 12.1 Å².